The Morgan fingerprint density at radius 3 is 2.78 bits per heavy atom. The number of benzene rings is 2. The molecule has 0 atom stereocenters. The van der Waals surface area contributed by atoms with Gasteiger partial charge in [0.1, 0.15) is 12.4 Å². The Labute approximate surface area is 168 Å². The van der Waals surface area contributed by atoms with Gasteiger partial charge in [-0.3, -0.25) is 0 Å². The predicted molar refractivity (Wildman–Crippen MR) is 103 cm³/mol. The molecule has 0 saturated carbocycles. The monoisotopic (exact) mass is 455 g/mol. The molecule has 27 heavy (non-hydrogen) atoms. The van der Waals surface area contributed by atoms with E-state index in [4.69, 9.17) is 21.1 Å². The van der Waals surface area contributed by atoms with Crippen LogP contribution in [0.4, 0.5) is 10.3 Å². The van der Waals surface area contributed by atoms with Crippen molar-refractivity contribution in [3.8, 4) is 11.5 Å². The van der Waals surface area contributed by atoms with Crippen LogP contribution < -0.4 is 14.8 Å². The number of H-pyrrole nitrogens is 1. The maximum Gasteiger partial charge on any atom is 0.263 e. The van der Waals surface area contributed by atoms with E-state index in [9.17, 15) is 4.39 Å². The molecule has 0 saturated heterocycles. The maximum absolute atomic E-state index is 13.9. The Morgan fingerprint density at radius 1 is 1.26 bits per heavy atom. The van der Waals surface area contributed by atoms with Gasteiger partial charge in [-0.2, -0.15) is 5.21 Å². The van der Waals surface area contributed by atoms with E-state index in [1.165, 1.54) is 6.07 Å². The molecule has 0 amide bonds. The second-order valence-corrected chi connectivity index (χ2v) is 6.66. The Kier molecular flexibility index (Phi) is 6.46. The molecule has 0 fully saturated rings. The fourth-order valence-corrected chi connectivity index (χ4v) is 3.01. The van der Waals surface area contributed by atoms with Gasteiger partial charge in [0.2, 0.25) is 0 Å². The number of hydrogen-bond donors (Lipinski definition) is 2. The number of aromatic amines is 1. The molecule has 142 valence electrons. The first kappa shape index (κ1) is 19.4. The normalized spacial score (nSPS) is 10.7. The van der Waals surface area contributed by atoms with Crippen molar-refractivity contribution in [3.63, 3.8) is 0 Å². The van der Waals surface area contributed by atoms with E-state index in [1.807, 2.05) is 13.0 Å². The lowest BCUT2D eigenvalue weighted by Crippen LogP contribution is -2.05. The van der Waals surface area contributed by atoms with Crippen molar-refractivity contribution in [1.29, 1.82) is 0 Å². The molecule has 0 aliphatic heterocycles. The van der Waals surface area contributed by atoms with E-state index < -0.39 is 5.82 Å². The third-order valence-electron chi connectivity index (χ3n) is 3.63. The lowest BCUT2D eigenvalue weighted by molar-refractivity contribution is 0.265. The van der Waals surface area contributed by atoms with E-state index in [0.29, 0.717) is 41.2 Å². The topological polar surface area (TPSA) is 85.0 Å². The molecule has 1 aromatic heterocycles. The highest BCUT2D eigenvalue weighted by Crippen LogP contribution is 2.35. The molecule has 10 heteroatoms. The molecule has 2 aromatic carbocycles. The number of tetrazole rings is 1. The summed E-state index contributed by atoms with van der Waals surface area (Å²) in [4.78, 5) is 0. The van der Waals surface area contributed by atoms with Gasteiger partial charge in [-0.05, 0) is 42.0 Å². The fourth-order valence-electron chi connectivity index (χ4n) is 2.32. The van der Waals surface area contributed by atoms with Crippen molar-refractivity contribution >= 4 is 33.5 Å². The van der Waals surface area contributed by atoms with Crippen LogP contribution >= 0.6 is 27.5 Å². The molecule has 0 radical (unpaired) electrons. The van der Waals surface area contributed by atoms with E-state index >= 15 is 0 Å². The van der Waals surface area contributed by atoms with Crippen molar-refractivity contribution < 1.29 is 13.9 Å². The van der Waals surface area contributed by atoms with Gasteiger partial charge in [-0.25, -0.2) is 4.39 Å². The SMILES string of the molecule is CCOc1cc(CNc2nn[nH]n2)c(Br)cc1OCc1c(F)cccc1Cl. The van der Waals surface area contributed by atoms with Gasteiger partial charge in [0.05, 0.1) is 11.6 Å². The number of halogens is 3. The summed E-state index contributed by atoms with van der Waals surface area (Å²) in [6, 6.07) is 8.12. The summed E-state index contributed by atoms with van der Waals surface area (Å²) in [6.45, 7) is 2.75. The summed E-state index contributed by atoms with van der Waals surface area (Å²) >= 11 is 9.57. The summed E-state index contributed by atoms with van der Waals surface area (Å²) in [5.74, 6) is 0.985. The third kappa shape index (κ3) is 4.86. The smallest absolute Gasteiger partial charge is 0.263 e. The third-order valence-corrected chi connectivity index (χ3v) is 4.72. The van der Waals surface area contributed by atoms with Gasteiger partial charge in [-0.15, -0.1) is 5.10 Å². The number of rotatable bonds is 8. The van der Waals surface area contributed by atoms with E-state index in [-0.39, 0.29) is 6.61 Å². The zero-order chi connectivity index (χ0) is 19.2. The van der Waals surface area contributed by atoms with Crippen LogP contribution in [0.1, 0.15) is 18.1 Å². The second kappa shape index (κ2) is 9.01. The summed E-state index contributed by atoms with van der Waals surface area (Å²) in [5.41, 5.74) is 1.19. The molecule has 0 unspecified atom stereocenters. The van der Waals surface area contributed by atoms with Gasteiger partial charge < -0.3 is 14.8 Å². The summed E-state index contributed by atoms with van der Waals surface area (Å²) < 4.78 is 26.2. The Balaban J connectivity index is 1.78. The minimum absolute atomic E-state index is 0.0154. The van der Waals surface area contributed by atoms with Crippen LogP contribution in [0.15, 0.2) is 34.8 Å². The number of anilines is 1. The van der Waals surface area contributed by atoms with Crippen LogP contribution in [0, 0.1) is 5.82 Å². The number of hydrogen-bond acceptors (Lipinski definition) is 6. The molecule has 3 rings (SSSR count). The number of nitrogens with zero attached hydrogens (tertiary/aromatic N) is 3. The largest absolute Gasteiger partial charge is 0.490 e. The molecule has 0 spiro atoms. The van der Waals surface area contributed by atoms with Crippen LogP contribution in [0.2, 0.25) is 5.02 Å². The van der Waals surface area contributed by atoms with Crippen molar-refractivity contribution in [2.45, 2.75) is 20.1 Å². The van der Waals surface area contributed by atoms with Gasteiger partial charge in [-0.1, -0.05) is 38.7 Å². The van der Waals surface area contributed by atoms with Crippen LogP contribution in [-0.4, -0.2) is 27.2 Å². The average Bonchev–Trinajstić information content (AvgIpc) is 3.16. The molecule has 3 aromatic rings. The molecular weight excluding hydrogens is 441 g/mol. The first-order valence-electron chi connectivity index (χ1n) is 8.06. The quantitative estimate of drug-likeness (QED) is 0.524. The number of ether oxygens (including phenoxy) is 2. The second-order valence-electron chi connectivity index (χ2n) is 5.40. The fraction of sp³-hybridized carbons (Fsp3) is 0.235. The zero-order valence-corrected chi connectivity index (χ0v) is 16.6. The van der Waals surface area contributed by atoms with Crippen LogP contribution in [0.3, 0.4) is 0 Å². The maximum atomic E-state index is 13.9. The predicted octanol–water partition coefficient (Wildman–Crippen LogP) is 4.34. The average molecular weight is 457 g/mol. The number of aromatic nitrogens is 4. The Morgan fingerprint density at radius 2 is 2.07 bits per heavy atom. The van der Waals surface area contributed by atoms with Crippen molar-refractivity contribution in [3.05, 3.63) is 56.8 Å². The summed E-state index contributed by atoms with van der Waals surface area (Å²) in [7, 11) is 0. The first-order chi connectivity index (χ1) is 13.1. The molecule has 1 heterocycles. The lowest BCUT2D eigenvalue weighted by Gasteiger charge is -2.16. The van der Waals surface area contributed by atoms with Crippen LogP contribution in [-0.2, 0) is 13.2 Å². The van der Waals surface area contributed by atoms with Gasteiger partial charge in [0.25, 0.3) is 5.95 Å². The highest BCUT2D eigenvalue weighted by Gasteiger charge is 2.14. The van der Waals surface area contributed by atoms with E-state index in [1.54, 1.807) is 18.2 Å². The standard InChI is InChI=1S/C17H16BrClFN5O2/c1-2-26-15-6-10(8-21-17-22-24-25-23-17)12(18)7-16(15)27-9-11-13(19)4-3-5-14(11)20/h3-7H,2,8-9H2,1H3,(H2,21,22,23,24,25). The van der Waals surface area contributed by atoms with Crippen molar-refractivity contribution in [2.75, 3.05) is 11.9 Å². The molecule has 2 N–H and O–H groups in total. The van der Waals surface area contributed by atoms with Gasteiger partial charge in [0.15, 0.2) is 11.5 Å². The molecule has 0 aliphatic rings. The molecule has 0 aliphatic carbocycles. The number of nitrogens with one attached hydrogen (secondary N) is 2. The van der Waals surface area contributed by atoms with Crippen molar-refractivity contribution in [1.82, 2.24) is 20.6 Å². The lowest BCUT2D eigenvalue weighted by atomic mass is 10.2. The first-order valence-corrected chi connectivity index (χ1v) is 9.23. The van der Waals surface area contributed by atoms with Gasteiger partial charge in [0, 0.05) is 16.6 Å². The zero-order valence-electron chi connectivity index (χ0n) is 14.3. The van der Waals surface area contributed by atoms with Crippen LogP contribution in [0.5, 0.6) is 11.5 Å². The van der Waals surface area contributed by atoms with Crippen molar-refractivity contribution in [2.24, 2.45) is 0 Å². The summed E-state index contributed by atoms with van der Waals surface area (Å²) in [5, 5.41) is 16.9. The van der Waals surface area contributed by atoms with E-state index in [2.05, 4.69) is 41.9 Å². The molecular formula is C17H16BrClFN5O2. The molecule has 0 bridgehead atoms. The Bertz CT molecular complexity index is 890. The van der Waals surface area contributed by atoms with Crippen LogP contribution in [0.25, 0.3) is 0 Å². The van der Waals surface area contributed by atoms with E-state index in [0.717, 1.165) is 10.0 Å². The minimum Gasteiger partial charge on any atom is -0.490 e. The minimum atomic E-state index is -0.416. The highest BCUT2D eigenvalue weighted by atomic mass is 79.9. The summed E-state index contributed by atoms with van der Waals surface area (Å²) in [6.07, 6.45) is 0. The Hall–Kier alpha value is -2.39. The molecule has 7 nitrogen and oxygen atoms in total. The van der Waals surface area contributed by atoms with Gasteiger partial charge >= 0.3 is 0 Å². The highest BCUT2D eigenvalue weighted by molar-refractivity contribution is 9.10.